The summed E-state index contributed by atoms with van der Waals surface area (Å²) in [4.78, 5) is 14.2. The number of carbonyl (C=O) groups is 1. The van der Waals surface area contributed by atoms with Gasteiger partial charge in [-0.1, -0.05) is 6.92 Å². The van der Waals surface area contributed by atoms with Crippen LogP contribution in [0.5, 0.6) is 0 Å². The summed E-state index contributed by atoms with van der Waals surface area (Å²) >= 11 is 0. The molecule has 0 spiro atoms. The van der Waals surface area contributed by atoms with Crippen molar-refractivity contribution in [1.82, 2.24) is 20.3 Å². The minimum atomic E-state index is -0.0901. The summed E-state index contributed by atoms with van der Waals surface area (Å²) in [6.45, 7) is 4.26. The maximum atomic E-state index is 12.4. The van der Waals surface area contributed by atoms with Gasteiger partial charge in [0.2, 0.25) is 0 Å². The lowest BCUT2D eigenvalue weighted by Gasteiger charge is -2.32. The molecule has 2 N–H and O–H groups in total. The molecule has 1 saturated heterocycles. The summed E-state index contributed by atoms with van der Waals surface area (Å²) in [7, 11) is 0. The lowest BCUT2D eigenvalue weighted by atomic mass is 10.1. The van der Waals surface area contributed by atoms with Crippen LogP contribution in [0.15, 0.2) is 18.2 Å². The second-order valence-electron chi connectivity index (χ2n) is 5.54. The van der Waals surface area contributed by atoms with Crippen LogP contribution in [0.3, 0.4) is 0 Å². The van der Waals surface area contributed by atoms with E-state index in [0.29, 0.717) is 6.54 Å². The molecule has 118 valence electrons. The smallest absolute Gasteiger partial charge is 0.321 e. The molecule has 0 radical (unpaired) electrons. The lowest BCUT2D eigenvalue weighted by Crippen LogP contribution is -2.45. The van der Waals surface area contributed by atoms with Crippen molar-refractivity contribution in [2.75, 3.05) is 25.0 Å². The highest BCUT2D eigenvalue weighted by molar-refractivity contribution is 5.91. The fourth-order valence-corrected chi connectivity index (χ4v) is 2.66. The molecule has 7 nitrogen and oxygen atoms in total. The maximum Gasteiger partial charge on any atom is 0.321 e. The summed E-state index contributed by atoms with van der Waals surface area (Å²) < 4.78 is 5.77. The number of carbonyl (C=O) groups excluding carboxylic acids is 1. The first-order valence-electron chi connectivity index (χ1n) is 7.74. The molecular weight excluding hydrogens is 282 g/mol. The van der Waals surface area contributed by atoms with E-state index in [1.807, 2.05) is 23.1 Å². The molecule has 1 aliphatic rings. The van der Waals surface area contributed by atoms with Crippen LogP contribution in [-0.4, -0.2) is 52.1 Å². The van der Waals surface area contributed by atoms with Crippen molar-refractivity contribution in [1.29, 1.82) is 0 Å². The summed E-state index contributed by atoms with van der Waals surface area (Å²) in [6, 6.07) is 5.38. The van der Waals surface area contributed by atoms with Crippen LogP contribution in [0.2, 0.25) is 0 Å². The third kappa shape index (κ3) is 3.36. The zero-order valence-electron chi connectivity index (χ0n) is 12.7. The molecule has 1 atom stereocenters. The predicted octanol–water partition coefficient (Wildman–Crippen LogP) is 2.38. The van der Waals surface area contributed by atoms with Gasteiger partial charge >= 0.3 is 6.03 Å². The summed E-state index contributed by atoms with van der Waals surface area (Å²) in [5.74, 6) is 0. The first-order valence-corrected chi connectivity index (χ1v) is 7.74. The number of benzene rings is 1. The van der Waals surface area contributed by atoms with E-state index in [2.05, 4.69) is 27.7 Å². The van der Waals surface area contributed by atoms with E-state index in [9.17, 15) is 4.79 Å². The van der Waals surface area contributed by atoms with Crippen LogP contribution in [0.1, 0.15) is 26.2 Å². The van der Waals surface area contributed by atoms with Crippen molar-refractivity contribution in [2.45, 2.75) is 32.3 Å². The Kier molecular flexibility index (Phi) is 4.53. The number of fused-ring (bicyclic) bond motifs is 1. The van der Waals surface area contributed by atoms with Crippen molar-refractivity contribution in [3.05, 3.63) is 18.2 Å². The normalized spacial score (nSPS) is 18.6. The molecule has 1 aliphatic heterocycles. The number of anilines is 1. The largest absolute Gasteiger partial charge is 0.376 e. The number of urea groups is 1. The van der Waals surface area contributed by atoms with Crippen LogP contribution < -0.4 is 5.32 Å². The van der Waals surface area contributed by atoms with Crippen molar-refractivity contribution < 1.29 is 9.53 Å². The summed E-state index contributed by atoms with van der Waals surface area (Å²) in [5.41, 5.74) is 2.24. The highest BCUT2D eigenvalue weighted by atomic mass is 16.5. The molecule has 22 heavy (non-hydrogen) atoms. The van der Waals surface area contributed by atoms with Crippen LogP contribution in [0.4, 0.5) is 10.5 Å². The third-order valence-electron chi connectivity index (χ3n) is 3.79. The Morgan fingerprint density at radius 2 is 2.32 bits per heavy atom. The van der Waals surface area contributed by atoms with Gasteiger partial charge in [0.05, 0.1) is 6.10 Å². The van der Waals surface area contributed by atoms with E-state index in [-0.39, 0.29) is 12.1 Å². The quantitative estimate of drug-likeness (QED) is 0.908. The molecule has 3 rings (SSSR count). The van der Waals surface area contributed by atoms with E-state index in [1.165, 1.54) is 0 Å². The fraction of sp³-hybridized carbons (Fsp3) is 0.533. The second kappa shape index (κ2) is 6.74. The maximum absolute atomic E-state index is 12.4. The Bertz CT molecular complexity index is 642. The first-order chi connectivity index (χ1) is 10.8. The Balaban J connectivity index is 1.60. The number of nitrogens with one attached hydrogen (secondary N) is 2. The topological polar surface area (TPSA) is 83.1 Å². The Hall–Kier alpha value is -2.15. The SMILES string of the molecule is CCCO[C@@H]1CCCN(C(=O)Nc2ccc3n[nH]nc3c2)C1. The van der Waals surface area contributed by atoms with E-state index >= 15 is 0 Å². The van der Waals surface area contributed by atoms with Gasteiger partial charge in [-0.05, 0) is 37.5 Å². The average molecular weight is 303 g/mol. The molecule has 1 fully saturated rings. The number of amides is 2. The van der Waals surface area contributed by atoms with Crippen molar-refractivity contribution in [2.24, 2.45) is 0 Å². The number of hydrogen-bond donors (Lipinski definition) is 2. The molecule has 0 unspecified atom stereocenters. The molecule has 2 aromatic rings. The van der Waals surface area contributed by atoms with Gasteiger partial charge in [0, 0.05) is 25.4 Å². The van der Waals surface area contributed by atoms with E-state index < -0.39 is 0 Å². The molecule has 2 amide bonds. The minimum Gasteiger partial charge on any atom is -0.376 e. The van der Waals surface area contributed by atoms with Gasteiger partial charge in [-0.25, -0.2) is 4.79 Å². The zero-order chi connectivity index (χ0) is 15.4. The molecule has 2 heterocycles. The zero-order valence-corrected chi connectivity index (χ0v) is 12.7. The third-order valence-corrected chi connectivity index (χ3v) is 3.79. The van der Waals surface area contributed by atoms with E-state index in [4.69, 9.17) is 4.74 Å². The van der Waals surface area contributed by atoms with E-state index in [1.54, 1.807) is 0 Å². The van der Waals surface area contributed by atoms with Gasteiger partial charge in [-0.15, -0.1) is 0 Å². The van der Waals surface area contributed by atoms with Gasteiger partial charge in [0.25, 0.3) is 0 Å². The van der Waals surface area contributed by atoms with Crippen LogP contribution in [-0.2, 0) is 4.74 Å². The minimum absolute atomic E-state index is 0.0901. The average Bonchev–Trinajstić information content (AvgIpc) is 3.01. The molecular formula is C15H21N5O2. The highest BCUT2D eigenvalue weighted by Crippen LogP contribution is 2.18. The van der Waals surface area contributed by atoms with Crippen molar-refractivity contribution in [3.63, 3.8) is 0 Å². The van der Waals surface area contributed by atoms with Crippen molar-refractivity contribution in [3.8, 4) is 0 Å². The number of nitrogens with zero attached hydrogens (tertiary/aromatic N) is 3. The van der Waals surface area contributed by atoms with Gasteiger partial charge in [-0.3, -0.25) is 0 Å². The van der Waals surface area contributed by atoms with Gasteiger partial charge in [0.15, 0.2) is 0 Å². The highest BCUT2D eigenvalue weighted by Gasteiger charge is 2.24. The van der Waals surface area contributed by atoms with Crippen molar-refractivity contribution >= 4 is 22.8 Å². The molecule has 1 aromatic heterocycles. The second-order valence-corrected chi connectivity index (χ2v) is 5.54. The molecule has 0 bridgehead atoms. The number of H-pyrrole nitrogens is 1. The lowest BCUT2D eigenvalue weighted by molar-refractivity contribution is 0.0115. The standard InChI is InChI=1S/C15H21N5O2/c1-2-8-22-12-4-3-7-20(10-12)15(21)16-11-5-6-13-14(9-11)18-19-17-13/h5-6,9,12H,2-4,7-8,10H2,1H3,(H,16,21)(H,17,18,19)/t12-/m1/s1. The molecule has 7 heteroatoms. The molecule has 1 aromatic carbocycles. The number of aromatic amines is 1. The fourth-order valence-electron chi connectivity index (χ4n) is 2.66. The number of hydrogen-bond acceptors (Lipinski definition) is 4. The monoisotopic (exact) mass is 303 g/mol. The van der Waals surface area contributed by atoms with Gasteiger partial charge < -0.3 is 15.0 Å². The summed E-state index contributed by atoms with van der Waals surface area (Å²) in [6.07, 6.45) is 3.15. The van der Waals surface area contributed by atoms with Crippen LogP contribution in [0.25, 0.3) is 11.0 Å². The van der Waals surface area contributed by atoms with Crippen LogP contribution in [0, 0.1) is 0 Å². The predicted molar refractivity (Wildman–Crippen MR) is 83.7 cm³/mol. The number of ether oxygens (including phenoxy) is 1. The first kappa shape index (κ1) is 14.8. The Morgan fingerprint density at radius 1 is 1.45 bits per heavy atom. The number of aromatic nitrogens is 3. The Morgan fingerprint density at radius 3 is 3.18 bits per heavy atom. The molecule has 0 saturated carbocycles. The van der Waals surface area contributed by atoms with Crippen LogP contribution >= 0.6 is 0 Å². The number of piperidine rings is 1. The van der Waals surface area contributed by atoms with Gasteiger partial charge in [-0.2, -0.15) is 15.4 Å². The van der Waals surface area contributed by atoms with Gasteiger partial charge in [0.1, 0.15) is 11.0 Å². The molecule has 0 aliphatic carbocycles. The number of rotatable bonds is 4. The summed E-state index contributed by atoms with van der Waals surface area (Å²) in [5, 5.41) is 13.5. The Labute approximate surface area is 129 Å². The number of likely N-dealkylation sites (tertiary alicyclic amines) is 1. The van der Waals surface area contributed by atoms with E-state index in [0.717, 1.165) is 49.1 Å².